The summed E-state index contributed by atoms with van der Waals surface area (Å²) in [7, 11) is 0. The van der Waals surface area contributed by atoms with E-state index in [0.29, 0.717) is 5.56 Å². The minimum Gasteiger partial charge on any atom is -0.342 e. The summed E-state index contributed by atoms with van der Waals surface area (Å²) in [5.41, 5.74) is 6.14. The Labute approximate surface area is 251 Å². The maximum atomic E-state index is 13.6. The molecule has 226 valence electrons. The summed E-state index contributed by atoms with van der Waals surface area (Å²) in [4.78, 5) is 54.1. The topological polar surface area (TPSA) is 122 Å². The second kappa shape index (κ2) is 13.8. The van der Waals surface area contributed by atoms with Crippen LogP contribution in [0.15, 0.2) is 72.8 Å². The van der Waals surface area contributed by atoms with Crippen LogP contribution in [0.4, 0.5) is 18.9 Å². The third kappa shape index (κ3) is 7.99. The van der Waals surface area contributed by atoms with Crippen molar-refractivity contribution >= 4 is 40.8 Å². The number of nitrogens with zero attached hydrogens (tertiary/aromatic N) is 1. The standard InChI is InChI=1S/C31H30ClF3N4O4/c32-22-10-11-23(31(33,34)35)25(17-22)38-29(42)24(14-15-36)37-30(43)26-16-20-8-4-5-9-21(20)18-39(26)28(41)13-12-27(40)19-6-2-1-3-7-19/h1-11,17,24,26H,12-16,18,36H2,(H,37,43)(H,38,42)/t24-,26-/m0/s1. The molecule has 0 radical (unpaired) electrons. The molecule has 3 aromatic rings. The first kappa shape index (κ1) is 31.7. The molecule has 8 nitrogen and oxygen atoms in total. The average Bonchev–Trinajstić information content (AvgIpc) is 2.98. The number of hydrogen-bond donors (Lipinski definition) is 3. The Morgan fingerprint density at radius 1 is 0.953 bits per heavy atom. The van der Waals surface area contributed by atoms with Crippen LogP contribution >= 0.6 is 11.6 Å². The Hall–Kier alpha value is -4.22. The van der Waals surface area contributed by atoms with Crippen molar-refractivity contribution in [3.63, 3.8) is 0 Å². The molecule has 0 unspecified atom stereocenters. The summed E-state index contributed by atoms with van der Waals surface area (Å²) >= 11 is 5.88. The van der Waals surface area contributed by atoms with Crippen LogP contribution in [0.1, 0.15) is 46.3 Å². The van der Waals surface area contributed by atoms with E-state index in [1.807, 2.05) is 18.2 Å². The van der Waals surface area contributed by atoms with Crippen LogP contribution in [-0.4, -0.2) is 47.0 Å². The highest BCUT2D eigenvalue weighted by Crippen LogP contribution is 2.36. The van der Waals surface area contributed by atoms with Gasteiger partial charge < -0.3 is 21.3 Å². The first-order valence-corrected chi connectivity index (χ1v) is 14.0. The van der Waals surface area contributed by atoms with Crippen molar-refractivity contribution < 1.29 is 32.3 Å². The van der Waals surface area contributed by atoms with Crippen molar-refractivity contribution in [3.8, 4) is 0 Å². The van der Waals surface area contributed by atoms with E-state index < -0.39 is 47.2 Å². The van der Waals surface area contributed by atoms with Gasteiger partial charge in [-0.25, -0.2) is 0 Å². The van der Waals surface area contributed by atoms with Gasteiger partial charge in [-0.15, -0.1) is 0 Å². The molecule has 0 fully saturated rings. The number of Topliss-reactive ketones (excluding diaryl/α,β-unsaturated/α-hetero) is 1. The van der Waals surface area contributed by atoms with Gasteiger partial charge in [0.05, 0.1) is 11.3 Å². The number of alkyl halides is 3. The number of carbonyl (C=O) groups excluding carboxylic acids is 4. The fraction of sp³-hybridized carbons (Fsp3) is 0.290. The number of fused-ring (bicyclic) bond motifs is 1. The Morgan fingerprint density at radius 2 is 1.63 bits per heavy atom. The fourth-order valence-electron chi connectivity index (χ4n) is 4.94. The van der Waals surface area contributed by atoms with Gasteiger partial charge in [0.25, 0.3) is 0 Å². The molecule has 0 aromatic heterocycles. The smallest absolute Gasteiger partial charge is 0.342 e. The summed E-state index contributed by atoms with van der Waals surface area (Å²) in [5, 5.41) is 4.77. The van der Waals surface area contributed by atoms with E-state index in [1.54, 1.807) is 36.4 Å². The van der Waals surface area contributed by atoms with Gasteiger partial charge in [0.1, 0.15) is 12.1 Å². The molecule has 4 rings (SSSR count). The maximum absolute atomic E-state index is 13.6. The summed E-state index contributed by atoms with van der Waals surface area (Å²) < 4.78 is 40.6. The van der Waals surface area contributed by atoms with Crippen LogP contribution in [0.3, 0.4) is 0 Å². The highest BCUT2D eigenvalue weighted by atomic mass is 35.5. The summed E-state index contributed by atoms with van der Waals surface area (Å²) in [6, 6.07) is 16.3. The number of nitrogens with two attached hydrogens (primary N) is 1. The Kier molecular flexibility index (Phi) is 10.2. The van der Waals surface area contributed by atoms with E-state index in [0.717, 1.165) is 29.3 Å². The quantitative estimate of drug-likeness (QED) is 0.285. The maximum Gasteiger partial charge on any atom is 0.418 e. The van der Waals surface area contributed by atoms with Gasteiger partial charge in [-0.1, -0.05) is 66.2 Å². The molecular weight excluding hydrogens is 585 g/mol. The summed E-state index contributed by atoms with van der Waals surface area (Å²) in [6.45, 7) is 0.0512. The van der Waals surface area contributed by atoms with Gasteiger partial charge in [-0.2, -0.15) is 13.2 Å². The number of amides is 3. The van der Waals surface area contributed by atoms with Crippen LogP contribution in [-0.2, 0) is 33.5 Å². The predicted octanol–water partition coefficient (Wildman–Crippen LogP) is 4.75. The van der Waals surface area contributed by atoms with Crippen molar-refractivity contribution in [2.75, 3.05) is 11.9 Å². The zero-order valence-corrected chi connectivity index (χ0v) is 23.8. The Morgan fingerprint density at radius 3 is 2.30 bits per heavy atom. The van der Waals surface area contributed by atoms with Gasteiger partial charge in [0, 0.05) is 36.4 Å². The fourth-order valence-corrected chi connectivity index (χ4v) is 5.11. The lowest BCUT2D eigenvalue weighted by molar-refractivity contribution is -0.142. The molecule has 3 amide bonds. The number of benzene rings is 3. The molecule has 43 heavy (non-hydrogen) atoms. The van der Waals surface area contributed by atoms with Crippen LogP contribution in [0, 0.1) is 0 Å². The molecule has 1 aliphatic heterocycles. The van der Waals surface area contributed by atoms with Crippen molar-refractivity contribution in [3.05, 3.63) is 100 Å². The van der Waals surface area contributed by atoms with E-state index in [-0.39, 0.29) is 49.6 Å². The third-order valence-corrected chi connectivity index (χ3v) is 7.40. The molecule has 12 heteroatoms. The number of rotatable bonds is 10. The van der Waals surface area contributed by atoms with Gasteiger partial charge in [-0.05, 0) is 42.3 Å². The third-order valence-electron chi connectivity index (χ3n) is 7.17. The van der Waals surface area contributed by atoms with E-state index in [1.165, 1.54) is 4.90 Å². The average molecular weight is 615 g/mol. The summed E-state index contributed by atoms with van der Waals surface area (Å²) in [5.74, 6) is -2.24. The Balaban J connectivity index is 1.52. The largest absolute Gasteiger partial charge is 0.418 e. The number of anilines is 1. The molecule has 3 aromatic carbocycles. The minimum atomic E-state index is -4.77. The lowest BCUT2D eigenvalue weighted by atomic mass is 9.92. The Bertz CT molecular complexity index is 1500. The number of halogens is 4. The highest BCUT2D eigenvalue weighted by Gasteiger charge is 2.37. The second-order valence-corrected chi connectivity index (χ2v) is 10.6. The zero-order chi connectivity index (χ0) is 31.1. The van der Waals surface area contributed by atoms with Gasteiger partial charge in [0.2, 0.25) is 17.7 Å². The number of nitrogens with one attached hydrogen (secondary N) is 2. The molecule has 0 saturated heterocycles. The van der Waals surface area contributed by atoms with E-state index in [2.05, 4.69) is 10.6 Å². The molecule has 0 aliphatic carbocycles. The molecule has 4 N–H and O–H groups in total. The van der Waals surface area contributed by atoms with Crippen molar-refractivity contribution in [2.24, 2.45) is 5.73 Å². The molecule has 0 saturated carbocycles. The zero-order valence-electron chi connectivity index (χ0n) is 23.0. The van der Waals surface area contributed by atoms with Crippen molar-refractivity contribution in [1.82, 2.24) is 10.2 Å². The minimum absolute atomic E-state index is 0.0246. The lowest BCUT2D eigenvalue weighted by Crippen LogP contribution is -2.56. The van der Waals surface area contributed by atoms with Crippen LogP contribution in [0.25, 0.3) is 0 Å². The first-order valence-electron chi connectivity index (χ1n) is 13.6. The first-order chi connectivity index (χ1) is 20.5. The van der Waals surface area contributed by atoms with E-state index in [9.17, 15) is 32.3 Å². The van der Waals surface area contributed by atoms with E-state index in [4.69, 9.17) is 17.3 Å². The van der Waals surface area contributed by atoms with Gasteiger partial charge >= 0.3 is 6.18 Å². The van der Waals surface area contributed by atoms with Crippen LogP contribution in [0.5, 0.6) is 0 Å². The van der Waals surface area contributed by atoms with Crippen LogP contribution in [0.2, 0.25) is 5.02 Å². The monoisotopic (exact) mass is 614 g/mol. The summed E-state index contributed by atoms with van der Waals surface area (Å²) in [6.07, 6.45) is -4.90. The SMILES string of the molecule is NCC[C@H](NC(=O)[C@@H]1Cc2ccccc2CN1C(=O)CCC(=O)c1ccccc1)C(=O)Nc1cc(Cl)ccc1C(F)(F)F. The number of hydrogen-bond acceptors (Lipinski definition) is 5. The number of ketones is 1. The second-order valence-electron chi connectivity index (χ2n) is 10.1. The normalized spacial score (nSPS) is 15.3. The molecule has 0 bridgehead atoms. The van der Waals surface area contributed by atoms with Crippen LogP contribution < -0.4 is 16.4 Å². The van der Waals surface area contributed by atoms with Crippen molar-refractivity contribution in [1.29, 1.82) is 0 Å². The molecule has 2 atom stereocenters. The number of carbonyl (C=O) groups is 4. The molecule has 1 aliphatic rings. The molecular formula is C31H30ClF3N4O4. The van der Waals surface area contributed by atoms with Gasteiger partial charge in [0.15, 0.2) is 5.78 Å². The molecule has 0 spiro atoms. The molecule has 1 heterocycles. The predicted molar refractivity (Wildman–Crippen MR) is 155 cm³/mol. The highest BCUT2D eigenvalue weighted by molar-refractivity contribution is 6.31. The van der Waals surface area contributed by atoms with Crippen molar-refractivity contribution in [2.45, 2.75) is 50.5 Å². The van der Waals surface area contributed by atoms with E-state index >= 15 is 0 Å². The van der Waals surface area contributed by atoms with Gasteiger partial charge in [-0.3, -0.25) is 19.2 Å². The lowest BCUT2D eigenvalue weighted by Gasteiger charge is -2.36.